The monoisotopic (exact) mass is 428 g/mol. The molecule has 0 saturated carbocycles. The summed E-state index contributed by atoms with van der Waals surface area (Å²) < 4.78 is -0.786. The lowest BCUT2D eigenvalue weighted by molar-refractivity contribution is -0.0325. The summed E-state index contributed by atoms with van der Waals surface area (Å²) in [7, 11) is 6.21. The molecule has 0 radical (unpaired) electrons. The van der Waals surface area contributed by atoms with Gasteiger partial charge in [0.15, 0.2) is 17.7 Å². The molecule has 1 unspecified atom stereocenters. The highest BCUT2D eigenvalue weighted by atomic mass is 35.5. The van der Waals surface area contributed by atoms with Gasteiger partial charge in [0.25, 0.3) is 0 Å². The zero-order valence-electron chi connectivity index (χ0n) is 17.3. The first-order valence-corrected chi connectivity index (χ1v) is 9.78. The van der Waals surface area contributed by atoms with E-state index in [1.807, 2.05) is 0 Å². The lowest BCUT2D eigenvalue weighted by Crippen LogP contribution is -2.55. The van der Waals surface area contributed by atoms with E-state index in [4.69, 9.17) is 16.4 Å². The van der Waals surface area contributed by atoms with E-state index in [0.717, 1.165) is 5.56 Å². The summed E-state index contributed by atoms with van der Waals surface area (Å²) in [5, 5.41) is 0. The molecule has 0 saturated heterocycles. The van der Waals surface area contributed by atoms with Crippen molar-refractivity contribution in [3.63, 3.8) is 0 Å². The fourth-order valence-electron chi connectivity index (χ4n) is 3.16. The van der Waals surface area contributed by atoms with Crippen molar-refractivity contribution in [1.29, 1.82) is 0 Å². The van der Waals surface area contributed by atoms with E-state index in [-0.39, 0.29) is 5.78 Å². The van der Waals surface area contributed by atoms with Crippen LogP contribution >= 0.6 is 11.6 Å². The van der Waals surface area contributed by atoms with Crippen LogP contribution < -0.4 is 4.65 Å². The van der Waals surface area contributed by atoms with Crippen molar-refractivity contribution in [2.45, 2.75) is 5.88 Å². The molecule has 3 amide bonds. The standard InChI is InChI=1S/C22H23ClN3O4/c1-24(2)21(28)26(30-22(29)25(3)4)13-12-17-18(6-5-7-19(17)26)20(27)16-10-8-15(14-23)9-11-16/h5-13H,14H2,1-4H3/q+1. The number of ketones is 1. The lowest BCUT2D eigenvalue weighted by atomic mass is 9.97. The number of nitrogens with zero attached hydrogens (tertiary/aromatic N) is 3. The van der Waals surface area contributed by atoms with Gasteiger partial charge in [0.1, 0.15) is 0 Å². The topological polar surface area (TPSA) is 66.9 Å². The Bertz CT molecular complexity index is 1030. The van der Waals surface area contributed by atoms with Crippen LogP contribution in [0.5, 0.6) is 0 Å². The van der Waals surface area contributed by atoms with E-state index in [9.17, 15) is 14.4 Å². The minimum atomic E-state index is -0.786. The predicted octanol–water partition coefficient (Wildman–Crippen LogP) is 4.24. The van der Waals surface area contributed by atoms with Gasteiger partial charge in [0.05, 0.1) is 5.56 Å². The Balaban J connectivity index is 2.09. The van der Waals surface area contributed by atoms with Crippen LogP contribution in [0.3, 0.4) is 0 Å². The number of halogens is 1. The summed E-state index contributed by atoms with van der Waals surface area (Å²) >= 11 is 5.83. The van der Waals surface area contributed by atoms with Crippen LogP contribution in [-0.4, -0.2) is 55.9 Å². The van der Waals surface area contributed by atoms with Gasteiger partial charge in [-0.1, -0.05) is 30.3 Å². The average Bonchev–Trinajstić information content (AvgIpc) is 3.12. The molecule has 0 N–H and O–H groups in total. The molecule has 1 aliphatic heterocycles. The average molecular weight is 429 g/mol. The molecule has 156 valence electrons. The minimum absolute atomic E-state index is 0.200. The number of carbonyl (C=O) groups excluding carboxylic acids is 3. The summed E-state index contributed by atoms with van der Waals surface area (Å²) in [5.74, 6) is 0.163. The number of rotatable bonds is 3. The largest absolute Gasteiger partial charge is 0.470 e. The van der Waals surface area contributed by atoms with Crippen LogP contribution in [-0.2, 0) is 10.7 Å². The maximum atomic E-state index is 13.2. The van der Waals surface area contributed by atoms with Crippen LogP contribution in [0.1, 0.15) is 27.0 Å². The number of hydrogen-bond donors (Lipinski definition) is 0. The van der Waals surface area contributed by atoms with Crippen molar-refractivity contribution < 1.29 is 19.2 Å². The first-order valence-electron chi connectivity index (χ1n) is 9.25. The smallest absolute Gasteiger partial charge is 0.310 e. The number of urea groups is 1. The fourth-order valence-corrected chi connectivity index (χ4v) is 3.34. The molecular weight excluding hydrogens is 406 g/mol. The first kappa shape index (κ1) is 21.5. The number of hydroxylamine groups is 2. The Morgan fingerprint density at radius 1 is 0.967 bits per heavy atom. The molecule has 0 bridgehead atoms. The van der Waals surface area contributed by atoms with E-state index in [1.165, 1.54) is 30.1 Å². The zero-order valence-corrected chi connectivity index (χ0v) is 18.0. The molecule has 3 rings (SSSR count). The van der Waals surface area contributed by atoms with Crippen molar-refractivity contribution in [3.8, 4) is 0 Å². The van der Waals surface area contributed by atoms with Crippen molar-refractivity contribution in [1.82, 2.24) is 14.4 Å². The summed E-state index contributed by atoms with van der Waals surface area (Å²) in [6, 6.07) is 11.6. The Hall–Kier alpha value is -3.16. The number of benzene rings is 2. The predicted molar refractivity (Wildman–Crippen MR) is 116 cm³/mol. The molecule has 30 heavy (non-hydrogen) atoms. The second-order valence-corrected chi connectivity index (χ2v) is 7.57. The number of fused-ring (bicyclic) bond motifs is 1. The molecule has 0 spiro atoms. The summed E-state index contributed by atoms with van der Waals surface area (Å²) in [6.45, 7) is 0. The number of alkyl halides is 1. The third-order valence-corrected chi connectivity index (χ3v) is 5.07. The molecule has 0 fully saturated rings. The van der Waals surface area contributed by atoms with Gasteiger partial charge in [-0.2, -0.15) is 0 Å². The van der Waals surface area contributed by atoms with Gasteiger partial charge in [0, 0.05) is 62.0 Å². The molecule has 1 atom stereocenters. The third-order valence-electron chi connectivity index (χ3n) is 4.76. The van der Waals surface area contributed by atoms with Crippen LogP contribution in [0.15, 0.2) is 48.7 Å². The normalized spacial score (nSPS) is 16.7. The van der Waals surface area contributed by atoms with Crippen LogP contribution in [0, 0.1) is 0 Å². The van der Waals surface area contributed by atoms with Gasteiger partial charge >= 0.3 is 12.1 Å². The van der Waals surface area contributed by atoms with Gasteiger partial charge in [0.2, 0.25) is 0 Å². The highest BCUT2D eigenvalue weighted by molar-refractivity contribution is 6.17. The van der Waals surface area contributed by atoms with Gasteiger partial charge in [-0.3, -0.25) is 9.69 Å². The molecule has 8 heteroatoms. The third kappa shape index (κ3) is 3.69. The first-order chi connectivity index (χ1) is 14.2. The number of quaternary nitrogens is 1. The quantitative estimate of drug-likeness (QED) is 0.416. The molecule has 1 heterocycles. The Morgan fingerprint density at radius 3 is 2.20 bits per heavy atom. The fraction of sp³-hybridized carbons (Fsp3) is 0.227. The Kier molecular flexibility index (Phi) is 5.96. The van der Waals surface area contributed by atoms with Gasteiger partial charge < -0.3 is 4.90 Å². The molecule has 1 aliphatic rings. The van der Waals surface area contributed by atoms with Crippen molar-refractivity contribution >= 4 is 41.3 Å². The second kappa shape index (κ2) is 8.30. The van der Waals surface area contributed by atoms with Gasteiger partial charge in [-0.25, -0.2) is 14.4 Å². The number of carbonyl (C=O) groups is 3. The molecule has 2 aromatic rings. The maximum Gasteiger partial charge on any atom is 0.470 e. The maximum absolute atomic E-state index is 13.2. The molecule has 0 aliphatic carbocycles. The number of hydrogen-bond acceptors (Lipinski definition) is 4. The van der Waals surface area contributed by atoms with Crippen molar-refractivity contribution in [2.75, 3.05) is 28.2 Å². The van der Waals surface area contributed by atoms with Crippen LogP contribution in [0.2, 0.25) is 0 Å². The van der Waals surface area contributed by atoms with Crippen molar-refractivity contribution in [3.05, 3.63) is 70.9 Å². The Labute approximate surface area is 180 Å². The lowest BCUT2D eigenvalue weighted by Gasteiger charge is -2.28. The highest BCUT2D eigenvalue weighted by Crippen LogP contribution is 2.40. The zero-order chi connectivity index (χ0) is 22.1. The van der Waals surface area contributed by atoms with Crippen LogP contribution in [0.4, 0.5) is 15.3 Å². The second-order valence-electron chi connectivity index (χ2n) is 7.30. The van der Waals surface area contributed by atoms with E-state index in [1.54, 1.807) is 62.6 Å². The van der Waals surface area contributed by atoms with E-state index >= 15 is 0 Å². The van der Waals surface area contributed by atoms with Crippen LogP contribution in [0.25, 0.3) is 6.08 Å². The SMILES string of the molecule is CN(C)C(=O)O[N+]1(C(=O)N(C)C)C=Cc2c(C(=O)c3ccc(CCl)cc3)cccc21. The molecule has 0 aromatic heterocycles. The van der Waals surface area contributed by atoms with Gasteiger partial charge in [-0.15, -0.1) is 11.6 Å². The van der Waals surface area contributed by atoms with E-state index < -0.39 is 16.8 Å². The summed E-state index contributed by atoms with van der Waals surface area (Å²) in [5.41, 5.74) is 2.75. The molecule has 7 nitrogen and oxygen atoms in total. The highest BCUT2D eigenvalue weighted by Gasteiger charge is 2.50. The summed E-state index contributed by atoms with van der Waals surface area (Å²) in [4.78, 5) is 46.8. The number of amides is 3. The van der Waals surface area contributed by atoms with Gasteiger partial charge in [-0.05, 0) is 11.6 Å². The van der Waals surface area contributed by atoms with E-state index in [0.29, 0.717) is 28.3 Å². The summed E-state index contributed by atoms with van der Waals surface area (Å²) in [6.07, 6.45) is 2.43. The van der Waals surface area contributed by atoms with E-state index in [2.05, 4.69) is 0 Å². The Morgan fingerprint density at radius 2 is 1.63 bits per heavy atom. The molecule has 2 aromatic carbocycles. The minimum Gasteiger partial charge on any atom is -0.310 e. The van der Waals surface area contributed by atoms with Crippen molar-refractivity contribution in [2.24, 2.45) is 0 Å². The molecular formula is C22H23ClN3O4+.